The molecule has 90 valence electrons. The van der Waals surface area contributed by atoms with Gasteiger partial charge >= 0.3 is 0 Å². The molecule has 1 N–H and O–H groups in total. The maximum Gasteiger partial charge on any atom is 0.145 e. The Morgan fingerprint density at radius 2 is 2.12 bits per heavy atom. The zero-order valence-electron chi connectivity index (χ0n) is 9.56. The second kappa shape index (κ2) is 5.80. The summed E-state index contributed by atoms with van der Waals surface area (Å²) in [5, 5.41) is 3.06. The van der Waals surface area contributed by atoms with Gasteiger partial charge in [-0.1, -0.05) is 12.1 Å². The van der Waals surface area contributed by atoms with E-state index in [0.717, 1.165) is 16.9 Å². The van der Waals surface area contributed by atoms with E-state index in [2.05, 4.69) is 15.3 Å². The number of rotatable bonds is 5. The van der Waals surface area contributed by atoms with Gasteiger partial charge in [0.2, 0.25) is 0 Å². The van der Waals surface area contributed by atoms with Crippen molar-refractivity contribution in [1.29, 1.82) is 0 Å². The lowest BCUT2D eigenvalue weighted by atomic mass is 10.3. The fourth-order valence-corrected chi connectivity index (χ4v) is 1.70. The van der Waals surface area contributed by atoms with Crippen molar-refractivity contribution in [3.63, 3.8) is 0 Å². The molecule has 0 aliphatic rings. The predicted octanol–water partition coefficient (Wildman–Crippen LogP) is 2.30. The van der Waals surface area contributed by atoms with Gasteiger partial charge in [-0.2, -0.15) is 0 Å². The summed E-state index contributed by atoms with van der Waals surface area (Å²) in [6, 6.07) is 7.75. The first-order chi connectivity index (χ1) is 8.29. The van der Waals surface area contributed by atoms with Crippen molar-refractivity contribution in [2.24, 2.45) is 0 Å². The predicted molar refractivity (Wildman–Crippen MR) is 69.5 cm³/mol. The molecule has 1 aromatic heterocycles. The monoisotopic (exact) mass is 251 g/mol. The van der Waals surface area contributed by atoms with E-state index in [9.17, 15) is 0 Å². The van der Waals surface area contributed by atoms with E-state index in [1.165, 1.54) is 0 Å². The van der Waals surface area contributed by atoms with Gasteiger partial charge in [0, 0.05) is 13.7 Å². The second-order valence-corrected chi connectivity index (χ2v) is 4.29. The highest BCUT2D eigenvalue weighted by molar-refractivity contribution is 6.21. The average Bonchev–Trinajstić information content (AvgIpc) is 2.36. The van der Waals surface area contributed by atoms with Crippen LogP contribution in [0.3, 0.4) is 0 Å². The number of nitrogens with one attached hydrogen (secondary N) is 1. The molecule has 2 rings (SSSR count). The van der Waals surface area contributed by atoms with Gasteiger partial charge in [0.25, 0.3) is 0 Å². The maximum absolute atomic E-state index is 6.01. The largest absolute Gasteiger partial charge is 0.383 e. The number of hydrogen-bond donors (Lipinski definition) is 1. The number of halogens is 1. The molecule has 2 aromatic rings. The van der Waals surface area contributed by atoms with Crippen LogP contribution in [0, 0.1) is 0 Å². The highest BCUT2D eigenvalue weighted by atomic mass is 35.5. The van der Waals surface area contributed by atoms with Crippen molar-refractivity contribution >= 4 is 28.5 Å². The fraction of sp³-hybridized carbons (Fsp3) is 0.333. The van der Waals surface area contributed by atoms with E-state index >= 15 is 0 Å². The molecule has 1 atom stereocenters. The summed E-state index contributed by atoms with van der Waals surface area (Å²) < 4.78 is 4.95. The summed E-state index contributed by atoms with van der Waals surface area (Å²) in [7, 11) is 1.63. The van der Waals surface area contributed by atoms with Crippen molar-refractivity contribution in [2.45, 2.75) is 5.38 Å². The lowest BCUT2D eigenvalue weighted by molar-refractivity contribution is 0.200. The number of fused-ring (bicyclic) bond motifs is 1. The van der Waals surface area contributed by atoms with Gasteiger partial charge in [0.15, 0.2) is 0 Å². The number of anilines is 1. The van der Waals surface area contributed by atoms with Crippen molar-refractivity contribution in [3.8, 4) is 0 Å². The van der Waals surface area contributed by atoms with Crippen LogP contribution >= 0.6 is 11.6 Å². The molecule has 1 aromatic carbocycles. The number of nitrogens with zero attached hydrogens (tertiary/aromatic N) is 2. The highest BCUT2D eigenvalue weighted by Crippen LogP contribution is 2.11. The summed E-state index contributed by atoms with van der Waals surface area (Å²) in [4.78, 5) is 8.74. The van der Waals surface area contributed by atoms with E-state index in [4.69, 9.17) is 16.3 Å². The topological polar surface area (TPSA) is 47.0 Å². The van der Waals surface area contributed by atoms with E-state index in [1.807, 2.05) is 24.3 Å². The van der Waals surface area contributed by atoms with E-state index < -0.39 is 0 Å². The highest BCUT2D eigenvalue weighted by Gasteiger charge is 2.04. The molecule has 0 aliphatic carbocycles. The van der Waals surface area contributed by atoms with Gasteiger partial charge in [0.05, 0.1) is 29.2 Å². The molecule has 0 radical (unpaired) electrons. The van der Waals surface area contributed by atoms with Gasteiger partial charge in [-0.05, 0) is 12.1 Å². The molecule has 0 saturated heterocycles. The minimum absolute atomic E-state index is 0.0757. The van der Waals surface area contributed by atoms with Gasteiger partial charge in [-0.25, -0.2) is 4.98 Å². The molecule has 0 aliphatic heterocycles. The molecule has 0 bridgehead atoms. The first kappa shape index (κ1) is 12.1. The second-order valence-electron chi connectivity index (χ2n) is 3.68. The third kappa shape index (κ3) is 3.28. The zero-order chi connectivity index (χ0) is 12.1. The Morgan fingerprint density at radius 3 is 2.88 bits per heavy atom. The van der Waals surface area contributed by atoms with E-state index in [-0.39, 0.29) is 5.38 Å². The first-order valence-corrected chi connectivity index (χ1v) is 5.82. The summed E-state index contributed by atoms with van der Waals surface area (Å²) >= 11 is 6.01. The van der Waals surface area contributed by atoms with Crippen LogP contribution in [0.2, 0.25) is 0 Å². The lowest BCUT2D eigenvalue weighted by Gasteiger charge is -2.10. The number of hydrogen-bond acceptors (Lipinski definition) is 4. The Morgan fingerprint density at radius 1 is 1.35 bits per heavy atom. The maximum atomic E-state index is 6.01. The van der Waals surface area contributed by atoms with Crippen molar-refractivity contribution in [1.82, 2.24) is 9.97 Å². The molecule has 1 heterocycles. The molecule has 0 saturated carbocycles. The fourth-order valence-electron chi connectivity index (χ4n) is 1.50. The van der Waals surface area contributed by atoms with Crippen molar-refractivity contribution in [3.05, 3.63) is 30.5 Å². The summed E-state index contributed by atoms with van der Waals surface area (Å²) in [5.74, 6) is 0.727. The molecule has 0 fully saturated rings. The first-order valence-electron chi connectivity index (χ1n) is 5.38. The van der Waals surface area contributed by atoms with Crippen LogP contribution in [0.5, 0.6) is 0 Å². The van der Waals surface area contributed by atoms with Crippen LogP contribution in [-0.4, -0.2) is 35.6 Å². The quantitative estimate of drug-likeness (QED) is 0.829. The zero-order valence-corrected chi connectivity index (χ0v) is 10.3. The lowest BCUT2D eigenvalue weighted by Crippen LogP contribution is -2.19. The van der Waals surface area contributed by atoms with E-state index in [0.29, 0.717) is 13.2 Å². The van der Waals surface area contributed by atoms with Gasteiger partial charge < -0.3 is 10.1 Å². The Balaban J connectivity index is 2.04. The van der Waals surface area contributed by atoms with Crippen LogP contribution in [0.1, 0.15) is 0 Å². The van der Waals surface area contributed by atoms with Crippen molar-refractivity contribution in [2.75, 3.05) is 25.6 Å². The molecule has 5 heteroatoms. The number of benzene rings is 1. The van der Waals surface area contributed by atoms with Crippen LogP contribution < -0.4 is 5.32 Å². The number of para-hydroxylation sites is 2. The average molecular weight is 252 g/mol. The van der Waals surface area contributed by atoms with Crippen LogP contribution in [0.25, 0.3) is 11.0 Å². The summed E-state index contributed by atoms with van der Waals surface area (Å²) in [6.45, 7) is 1.11. The minimum atomic E-state index is -0.0757. The molecular formula is C12H14ClN3O. The summed E-state index contributed by atoms with van der Waals surface area (Å²) in [6.07, 6.45) is 1.71. The number of ether oxygens (including phenoxy) is 1. The Labute approximate surface area is 105 Å². The Bertz CT molecular complexity index is 492. The number of aromatic nitrogens is 2. The number of methoxy groups -OCH3 is 1. The van der Waals surface area contributed by atoms with Crippen LogP contribution in [0.15, 0.2) is 30.5 Å². The van der Waals surface area contributed by atoms with Crippen molar-refractivity contribution < 1.29 is 4.74 Å². The van der Waals surface area contributed by atoms with Crippen LogP contribution in [0.4, 0.5) is 5.82 Å². The van der Waals surface area contributed by atoms with E-state index in [1.54, 1.807) is 13.3 Å². The third-order valence-electron chi connectivity index (χ3n) is 2.30. The third-order valence-corrected chi connectivity index (χ3v) is 2.58. The SMILES string of the molecule is COCC(Cl)CNc1cnc2ccccc2n1. The molecule has 1 unspecified atom stereocenters. The summed E-state index contributed by atoms with van der Waals surface area (Å²) in [5.41, 5.74) is 1.76. The van der Waals surface area contributed by atoms with Gasteiger partial charge in [0.1, 0.15) is 5.82 Å². The Hall–Kier alpha value is -1.39. The van der Waals surface area contributed by atoms with Crippen LogP contribution in [-0.2, 0) is 4.74 Å². The molecule has 17 heavy (non-hydrogen) atoms. The standard InChI is InChI=1S/C12H14ClN3O/c1-17-8-9(13)6-15-12-7-14-10-4-2-3-5-11(10)16-12/h2-5,7,9H,6,8H2,1H3,(H,15,16). The minimum Gasteiger partial charge on any atom is -0.383 e. The smallest absolute Gasteiger partial charge is 0.145 e. The Kier molecular flexibility index (Phi) is 4.12. The van der Waals surface area contributed by atoms with Gasteiger partial charge in [-0.3, -0.25) is 4.98 Å². The normalized spacial score (nSPS) is 12.6. The molecular weight excluding hydrogens is 238 g/mol. The number of alkyl halides is 1. The molecule has 0 spiro atoms. The molecule has 4 nitrogen and oxygen atoms in total. The van der Waals surface area contributed by atoms with Gasteiger partial charge in [-0.15, -0.1) is 11.6 Å². The molecule has 0 amide bonds.